The summed E-state index contributed by atoms with van der Waals surface area (Å²) in [6.07, 6.45) is 0.876. The number of nitrogens with zero attached hydrogens (tertiary/aromatic N) is 1. The van der Waals surface area contributed by atoms with Gasteiger partial charge in [0.15, 0.2) is 0 Å². The summed E-state index contributed by atoms with van der Waals surface area (Å²) in [6, 6.07) is 25.9. The van der Waals surface area contributed by atoms with Gasteiger partial charge < -0.3 is 9.64 Å². The molecule has 3 aromatic carbocycles. The van der Waals surface area contributed by atoms with Gasteiger partial charge in [-0.05, 0) is 47.4 Å². The van der Waals surface area contributed by atoms with E-state index in [9.17, 15) is 4.79 Å². The van der Waals surface area contributed by atoms with Crippen LogP contribution in [0.3, 0.4) is 0 Å². The highest BCUT2D eigenvalue weighted by atomic mass is 16.5. The van der Waals surface area contributed by atoms with Gasteiger partial charge in [-0.15, -0.1) is 0 Å². The quantitative estimate of drug-likeness (QED) is 0.701. The van der Waals surface area contributed by atoms with Gasteiger partial charge in [-0.2, -0.15) is 0 Å². The van der Waals surface area contributed by atoms with E-state index in [1.165, 1.54) is 11.1 Å². The van der Waals surface area contributed by atoms with Gasteiger partial charge >= 0.3 is 0 Å². The van der Waals surface area contributed by atoms with Crippen LogP contribution in [0.5, 0.6) is 5.75 Å². The van der Waals surface area contributed by atoms with Crippen LogP contribution in [0.25, 0.3) is 0 Å². The maximum atomic E-state index is 13.2. The van der Waals surface area contributed by atoms with Crippen LogP contribution in [-0.4, -0.2) is 24.5 Å². The van der Waals surface area contributed by atoms with Crippen LogP contribution >= 0.6 is 0 Å². The molecule has 0 N–H and O–H groups in total. The van der Waals surface area contributed by atoms with Gasteiger partial charge in [0.2, 0.25) is 0 Å². The number of fused-ring (bicyclic) bond motifs is 1. The van der Waals surface area contributed by atoms with Crippen LogP contribution < -0.4 is 4.74 Å². The molecule has 1 aliphatic heterocycles. The Bertz CT molecular complexity index is 903. The van der Waals surface area contributed by atoms with Gasteiger partial charge in [0.1, 0.15) is 5.75 Å². The van der Waals surface area contributed by atoms with Crippen molar-refractivity contribution in [2.75, 3.05) is 13.7 Å². The summed E-state index contributed by atoms with van der Waals surface area (Å²) in [5, 5.41) is 0. The molecule has 1 unspecified atom stereocenters. The molecule has 0 aromatic heterocycles. The zero-order chi connectivity index (χ0) is 17.9. The Morgan fingerprint density at radius 3 is 2.35 bits per heavy atom. The highest BCUT2D eigenvalue weighted by Gasteiger charge is 2.32. The summed E-state index contributed by atoms with van der Waals surface area (Å²) in [5.41, 5.74) is 4.34. The molecule has 4 rings (SSSR count). The van der Waals surface area contributed by atoms with Gasteiger partial charge in [0.05, 0.1) is 13.2 Å². The minimum Gasteiger partial charge on any atom is -0.497 e. The Kier molecular flexibility index (Phi) is 4.44. The molecule has 1 heterocycles. The van der Waals surface area contributed by atoms with Crippen molar-refractivity contribution in [2.45, 2.75) is 12.5 Å². The van der Waals surface area contributed by atoms with Crippen LogP contribution in [0.4, 0.5) is 0 Å². The lowest BCUT2D eigenvalue weighted by molar-refractivity contribution is 0.0694. The molecule has 0 bridgehead atoms. The number of carbonyl (C=O) groups excluding carboxylic acids is 1. The molecule has 1 atom stereocenters. The van der Waals surface area contributed by atoms with E-state index in [0.29, 0.717) is 6.54 Å². The minimum atomic E-state index is -0.0847. The summed E-state index contributed by atoms with van der Waals surface area (Å²) in [5.74, 6) is 0.889. The number of carbonyl (C=O) groups is 1. The molecule has 0 spiro atoms. The molecule has 1 aliphatic rings. The van der Waals surface area contributed by atoms with Crippen molar-refractivity contribution in [1.29, 1.82) is 0 Å². The van der Waals surface area contributed by atoms with E-state index in [0.717, 1.165) is 23.3 Å². The first-order chi connectivity index (χ1) is 12.8. The SMILES string of the molecule is COc1ccc(C2c3ccccc3CCN2C(=O)c2ccccc2)cc1. The number of hydrogen-bond donors (Lipinski definition) is 0. The second-order valence-corrected chi connectivity index (χ2v) is 6.49. The maximum Gasteiger partial charge on any atom is 0.254 e. The predicted molar refractivity (Wildman–Crippen MR) is 102 cm³/mol. The highest BCUT2D eigenvalue weighted by molar-refractivity contribution is 5.95. The highest BCUT2D eigenvalue weighted by Crippen LogP contribution is 2.36. The van der Waals surface area contributed by atoms with Crippen LogP contribution in [0, 0.1) is 0 Å². The van der Waals surface area contributed by atoms with Crippen LogP contribution in [0.15, 0.2) is 78.9 Å². The van der Waals surface area contributed by atoms with Gasteiger partial charge in [-0.1, -0.05) is 54.6 Å². The molecule has 0 saturated heterocycles. The third-order valence-corrected chi connectivity index (χ3v) is 5.00. The molecule has 0 fully saturated rings. The summed E-state index contributed by atoms with van der Waals surface area (Å²) >= 11 is 0. The summed E-state index contributed by atoms with van der Waals surface area (Å²) in [7, 11) is 1.66. The van der Waals surface area contributed by atoms with Crippen molar-refractivity contribution in [3.05, 3.63) is 101 Å². The van der Waals surface area contributed by atoms with Crippen molar-refractivity contribution in [3.8, 4) is 5.75 Å². The van der Waals surface area contributed by atoms with Crippen LogP contribution in [0.2, 0.25) is 0 Å². The fraction of sp³-hybridized carbons (Fsp3) is 0.174. The van der Waals surface area contributed by atoms with Gasteiger partial charge in [0.25, 0.3) is 5.91 Å². The Hall–Kier alpha value is -3.07. The normalized spacial score (nSPS) is 16.0. The Morgan fingerprint density at radius 2 is 1.62 bits per heavy atom. The Morgan fingerprint density at radius 1 is 0.923 bits per heavy atom. The van der Waals surface area contributed by atoms with Gasteiger partial charge in [0, 0.05) is 12.1 Å². The van der Waals surface area contributed by atoms with E-state index in [-0.39, 0.29) is 11.9 Å². The van der Waals surface area contributed by atoms with Crippen molar-refractivity contribution >= 4 is 5.91 Å². The van der Waals surface area contributed by atoms with E-state index in [4.69, 9.17) is 4.74 Å². The Balaban J connectivity index is 1.78. The minimum absolute atomic E-state index is 0.0703. The lowest BCUT2D eigenvalue weighted by Crippen LogP contribution is -2.40. The molecule has 26 heavy (non-hydrogen) atoms. The number of methoxy groups -OCH3 is 1. The zero-order valence-electron chi connectivity index (χ0n) is 14.8. The number of ether oxygens (including phenoxy) is 1. The Labute approximate surface area is 153 Å². The van der Waals surface area contributed by atoms with Crippen molar-refractivity contribution < 1.29 is 9.53 Å². The van der Waals surface area contributed by atoms with Crippen LogP contribution in [-0.2, 0) is 6.42 Å². The molecule has 0 radical (unpaired) electrons. The predicted octanol–water partition coefficient (Wildman–Crippen LogP) is 4.48. The van der Waals surface area contributed by atoms with Crippen molar-refractivity contribution in [3.63, 3.8) is 0 Å². The fourth-order valence-corrected chi connectivity index (χ4v) is 3.68. The van der Waals surface area contributed by atoms with Crippen molar-refractivity contribution in [2.24, 2.45) is 0 Å². The van der Waals surface area contributed by atoms with E-state index in [2.05, 4.69) is 30.3 Å². The monoisotopic (exact) mass is 343 g/mol. The lowest BCUT2D eigenvalue weighted by Gasteiger charge is -2.38. The first-order valence-electron chi connectivity index (χ1n) is 8.85. The molecule has 130 valence electrons. The van der Waals surface area contributed by atoms with Gasteiger partial charge in [-0.3, -0.25) is 4.79 Å². The third kappa shape index (κ3) is 2.97. The molecule has 3 heteroatoms. The van der Waals surface area contributed by atoms with E-state index >= 15 is 0 Å². The average molecular weight is 343 g/mol. The lowest BCUT2D eigenvalue weighted by atomic mass is 9.87. The third-order valence-electron chi connectivity index (χ3n) is 5.00. The van der Waals surface area contributed by atoms with E-state index in [1.54, 1.807) is 7.11 Å². The topological polar surface area (TPSA) is 29.5 Å². The van der Waals surface area contributed by atoms with Gasteiger partial charge in [-0.25, -0.2) is 0 Å². The average Bonchev–Trinajstić information content (AvgIpc) is 2.73. The number of benzene rings is 3. The molecular formula is C23H21NO2. The van der Waals surface area contributed by atoms with E-state index in [1.807, 2.05) is 53.4 Å². The molecule has 0 saturated carbocycles. The summed E-state index contributed by atoms with van der Waals surface area (Å²) < 4.78 is 5.29. The summed E-state index contributed by atoms with van der Waals surface area (Å²) in [4.78, 5) is 15.2. The smallest absolute Gasteiger partial charge is 0.254 e. The maximum absolute atomic E-state index is 13.2. The van der Waals surface area contributed by atoms with Crippen molar-refractivity contribution in [1.82, 2.24) is 4.90 Å². The molecule has 3 nitrogen and oxygen atoms in total. The van der Waals surface area contributed by atoms with Crippen LogP contribution in [0.1, 0.15) is 33.1 Å². The molecule has 3 aromatic rings. The first-order valence-corrected chi connectivity index (χ1v) is 8.85. The largest absolute Gasteiger partial charge is 0.497 e. The standard InChI is InChI=1S/C23H21NO2/c1-26-20-13-11-18(12-14-20)22-21-10-6-5-7-17(21)15-16-24(22)23(25)19-8-3-2-4-9-19/h2-14,22H,15-16H2,1H3. The zero-order valence-corrected chi connectivity index (χ0v) is 14.8. The number of hydrogen-bond acceptors (Lipinski definition) is 2. The molecule has 1 amide bonds. The second kappa shape index (κ2) is 7.04. The molecular weight excluding hydrogens is 322 g/mol. The fourth-order valence-electron chi connectivity index (χ4n) is 3.68. The summed E-state index contributed by atoms with van der Waals surface area (Å²) in [6.45, 7) is 0.710. The molecule has 0 aliphatic carbocycles. The first kappa shape index (κ1) is 16.4. The number of rotatable bonds is 3. The second-order valence-electron chi connectivity index (χ2n) is 6.49. The van der Waals surface area contributed by atoms with E-state index < -0.39 is 0 Å². The number of amides is 1.